The first-order valence-corrected chi connectivity index (χ1v) is 15.9. The van der Waals surface area contributed by atoms with E-state index in [0.717, 1.165) is 24.3 Å². The fourth-order valence-electron chi connectivity index (χ4n) is 4.96. The van der Waals surface area contributed by atoms with E-state index in [4.69, 9.17) is 4.74 Å². The van der Waals surface area contributed by atoms with E-state index in [-0.39, 0.29) is 5.97 Å². The summed E-state index contributed by atoms with van der Waals surface area (Å²) in [5, 5.41) is 0. The minimum atomic E-state index is -0.0583. The Morgan fingerprint density at radius 2 is 1.00 bits per heavy atom. The van der Waals surface area contributed by atoms with Crippen LogP contribution in [0.2, 0.25) is 0 Å². The van der Waals surface area contributed by atoms with Crippen molar-refractivity contribution in [2.75, 3.05) is 0 Å². The van der Waals surface area contributed by atoms with Gasteiger partial charge in [-0.3, -0.25) is 4.79 Å². The molecule has 1 unspecified atom stereocenters. The lowest BCUT2D eigenvalue weighted by Gasteiger charge is -2.07. The van der Waals surface area contributed by atoms with Crippen molar-refractivity contribution in [1.82, 2.24) is 0 Å². The zero-order chi connectivity index (χ0) is 25.9. The molecule has 0 heterocycles. The fraction of sp³-hybridized carbons (Fsp3) is 0.794. The first kappa shape index (κ1) is 32.7. The first-order valence-electron chi connectivity index (χ1n) is 15.9. The summed E-state index contributed by atoms with van der Waals surface area (Å²) in [6.07, 6.45) is 31.0. The molecule has 0 N–H and O–H groups in total. The third kappa shape index (κ3) is 21.9. The normalized spacial score (nSPS) is 12.1. The smallest absolute Gasteiger partial charge is 0.306 e. The Kier molecular flexibility index (Phi) is 23.0. The number of hydrogen-bond donors (Lipinski definition) is 0. The zero-order valence-corrected chi connectivity index (χ0v) is 24.3. The van der Waals surface area contributed by atoms with Gasteiger partial charge in [-0.05, 0) is 17.9 Å². The van der Waals surface area contributed by atoms with Crippen LogP contribution in [-0.4, -0.2) is 5.97 Å². The Bertz CT molecular complexity index is 582. The molecular formula is C34H60O2. The molecule has 1 aromatic carbocycles. The second kappa shape index (κ2) is 25.3. The van der Waals surface area contributed by atoms with Crippen molar-refractivity contribution >= 4 is 5.97 Å². The second-order valence-electron chi connectivity index (χ2n) is 11.3. The van der Waals surface area contributed by atoms with E-state index in [1.807, 2.05) is 30.3 Å². The Hall–Kier alpha value is -1.31. The molecule has 0 aliphatic rings. The highest BCUT2D eigenvalue weighted by Gasteiger charge is 2.03. The predicted octanol–water partition coefficient (Wildman–Crippen LogP) is 11.4. The van der Waals surface area contributed by atoms with Crippen molar-refractivity contribution in [3.8, 4) is 0 Å². The summed E-state index contributed by atoms with van der Waals surface area (Å²) in [4.78, 5) is 11.8. The van der Waals surface area contributed by atoms with Gasteiger partial charge in [-0.1, -0.05) is 179 Å². The average molecular weight is 501 g/mol. The van der Waals surface area contributed by atoms with Gasteiger partial charge in [0.1, 0.15) is 6.61 Å². The predicted molar refractivity (Wildman–Crippen MR) is 157 cm³/mol. The van der Waals surface area contributed by atoms with Crippen molar-refractivity contribution in [3.63, 3.8) is 0 Å². The van der Waals surface area contributed by atoms with E-state index in [1.54, 1.807) is 0 Å². The van der Waals surface area contributed by atoms with Gasteiger partial charge in [-0.2, -0.15) is 0 Å². The molecule has 208 valence electrons. The van der Waals surface area contributed by atoms with E-state index in [2.05, 4.69) is 13.8 Å². The number of benzene rings is 1. The van der Waals surface area contributed by atoms with Gasteiger partial charge >= 0.3 is 5.97 Å². The maximum absolute atomic E-state index is 11.8. The van der Waals surface area contributed by atoms with Gasteiger partial charge in [0.2, 0.25) is 0 Å². The minimum absolute atomic E-state index is 0.0583. The molecule has 2 nitrogen and oxygen atoms in total. The van der Waals surface area contributed by atoms with Crippen LogP contribution in [-0.2, 0) is 16.1 Å². The fourth-order valence-corrected chi connectivity index (χ4v) is 4.96. The van der Waals surface area contributed by atoms with Crippen LogP contribution < -0.4 is 0 Å². The number of hydrogen-bond acceptors (Lipinski definition) is 2. The lowest BCUT2D eigenvalue weighted by atomic mass is 9.99. The number of ether oxygens (including phenoxy) is 1. The number of unbranched alkanes of at least 4 members (excludes halogenated alkanes) is 19. The van der Waals surface area contributed by atoms with E-state index in [0.29, 0.717) is 13.0 Å². The molecule has 0 bridgehead atoms. The van der Waals surface area contributed by atoms with Crippen LogP contribution in [0.4, 0.5) is 0 Å². The van der Waals surface area contributed by atoms with E-state index in [1.165, 1.54) is 128 Å². The van der Waals surface area contributed by atoms with Gasteiger partial charge in [0.15, 0.2) is 0 Å². The summed E-state index contributed by atoms with van der Waals surface area (Å²) >= 11 is 0. The highest BCUT2D eigenvalue weighted by Crippen LogP contribution is 2.17. The van der Waals surface area contributed by atoms with Gasteiger partial charge < -0.3 is 4.74 Å². The van der Waals surface area contributed by atoms with Crippen LogP contribution in [0, 0.1) is 5.92 Å². The third-order valence-electron chi connectivity index (χ3n) is 7.77. The van der Waals surface area contributed by atoms with Crippen LogP contribution in [0.15, 0.2) is 30.3 Å². The van der Waals surface area contributed by atoms with Gasteiger partial charge in [-0.15, -0.1) is 0 Å². The maximum Gasteiger partial charge on any atom is 0.306 e. The summed E-state index contributed by atoms with van der Waals surface area (Å²) in [7, 11) is 0. The standard InChI is InChI=1S/C34H60O2/c1-3-32(2)27-23-20-18-16-14-12-10-8-6-4-5-7-9-11-13-15-17-19-21-26-30-34(35)36-31-33-28-24-22-25-29-33/h22,24-25,28-29,32H,3-21,23,26-27,30-31H2,1-2H3. The molecule has 36 heavy (non-hydrogen) atoms. The molecule has 0 aromatic heterocycles. The molecule has 0 saturated heterocycles. The lowest BCUT2D eigenvalue weighted by molar-refractivity contribution is -0.145. The van der Waals surface area contributed by atoms with Crippen molar-refractivity contribution in [1.29, 1.82) is 0 Å². The number of esters is 1. The summed E-state index contributed by atoms with van der Waals surface area (Å²) in [5.41, 5.74) is 1.06. The van der Waals surface area contributed by atoms with Crippen LogP contribution >= 0.6 is 0 Å². The largest absolute Gasteiger partial charge is 0.461 e. The molecule has 0 fully saturated rings. The van der Waals surface area contributed by atoms with E-state index < -0.39 is 0 Å². The van der Waals surface area contributed by atoms with Crippen LogP contribution in [0.1, 0.15) is 167 Å². The topological polar surface area (TPSA) is 26.3 Å². The molecule has 0 aliphatic carbocycles. The van der Waals surface area contributed by atoms with Crippen LogP contribution in [0.3, 0.4) is 0 Å². The quantitative estimate of drug-likeness (QED) is 0.0933. The molecule has 0 radical (unpaired) electrons. The first-order chi connectivity index (χ1) is 17.7. The monoisotopic (exact) mass is 500 g/mol. The third-order valence-corrected chi connectivity index (χ3v) is 7.77. The molecule has 1 rings (SSSR count). The van der Waals surface area contributed by atoms with Crippen LogP contribution in [0.25, 0.3) is 0 Å². The van der Waals surface area contributed by atoms with Gasteiger partial charge in [0.25, 0.3) is 0 Å². The van der Waals surface area contributed by atoms with Crippen molar-refractivity contribution in [3.05, 3.63) is 35.9 Å². The minimum Gasteiger partial charge on any atom is -0.461 e. The highest BCUT2D eigenvalue weighted by molar-refractivity contribution is 5.69. The summed E-state index contributed by atoms with van der Waals surface area (Å²) in [6.45, 7) is 5.11. The van der Waals surface area contributed by atoms with Gasteiger partial charge in [-0.25, -0.2) is 0 Å². The Balaban J connectivity index is 1.69. The Labute approximate surface area is 225 Å². The van der Waals surface area contributed by atoms with Gasteiger partial charge in [0, 0.05) is 6.42 Å². The van der Waals surface area contributed by atoms with E-state index >= 15 is 0 Å². The summed E-state index contributed by atoms with van der Waals surface area (Å²) in [5.74, 6) is 0.874. The molecule has 0 aliphatic heterocycles. The number of rotatable bonds is 26. The Morgan fingerprint density at radius 1 is 0.611 bits per heavy atom. The molecular weight excluding hydrogens is 440 g/mol. The van der Waals surface area contributed by atoms with Crippen molar-refractivity contribution in [2.24, 2.45) is 5.92 Å². The number of carbonyl (C=O) groups excluding carboxylic acids is 1. The lowest BCUT2D eigenvalue weighted by Crippen LogP contribution is -2.04. The SMILES string of the molecule is CCC(C)CCCCCCCCCCCCCCCCCCCCCCC(=O)OCc1ccccc1. The highest BCUT2D eigenvalue weighted by atomic mass is 16.5. The molecule has 1 atom stereocenters. The average Bonchev–Trinajstić information content (AvgIpc) is 2.90. The molecule has 0 amide bonds. The van der Waals surface area contributed by atoms with E-state index in [9.17, 15) is 4.79 Å². The maximum atomic E-state index is 11.8. The molecule has 2 heteroatoms. The molecule has 0 spiro atoms. The second-order valence-corrected chi connectivity index (χ2v) is 11.3. The van der Waals surface area contributed by atoms with Gasteiger partial charge in [0.05, 0.1) is 0 Å². The number of carbonyl (C=O) groups is 1. The van der Waals surface area contributed by atoms with Crippen LogP contribution in [0.5, 0.6) is 0 Å². The van der Waals surface area contributed by atoms with Crippen molar-refractivity contribution < 1.29 is 9.53 Å². The van der Waals surface area contributed by atoms with Crippen molar-refractivity contribution in [2.45, 2.75) is 168 Å². The zero-order valence-electron chi connectivity index (χ0n) is 24.3. The summed E-state index contributed by atoms with van der Waals surface area (Å²) in [6, 6.07) is 9.92. The Morgan fingerprint density at radius 3 is 1.42 bits per heavy atom. The molecule has 1 aromatic rings. The molecule has 0 saturated carbocycles. The summed E-state index contributed by atoms with van der Waals surface area (Å²) < 4.78 is 5.34.